The second kappa shape index (κ2) is 7.43. The van der Waals surface area contributed by atoms with Gasteiger partial charge in [0.15, 0.2) is 5.82 Å². The van der Waals surface area contributed by atoms with Gasteiger partial charge in [0.05, 0.1) is 19.0 Å². The standard InChI is InChI=1S/C15H26N4O/c1-4-9-20-15-11-17-10-14(18-15)19(3)13-7-5-12(16-2)6-8-13/h10-13,16H,4-9H2,1-3H3. The zero-order chi connectivity index (χ0) is 14.4. The molecule has 0 bridgehead atoms. The average molecular weight is 278 g/mol. The maximum absolute atomic E-state index is 5.56. The minimum absolute atomic E-state index is 0.551. The Bertz CT molecular complexity index is 405. The Balaban J connectivity index is 1.96. The van der Waals surface area contributed by atoms with Crippen molar-refractivity contribution in [3.05, 3.63) is 12.4 Å². The molecule has 5 nitrogen and oxygen atoms in total. The Morgan fingerprint density at radius 1 is 1.30 bits per heavy atom. The Morgan fingerprint density at radius 3 is 2.70 bits per heavy atom. The monoisotopic (exact) mass is 278 g/mol. The highest BCUT2D eigenvalue weighted by Gasteiger charge is 2.24. The summed E-state index contributed by atoms with van der Waals surface area (Å²) in [6, 6.07) is 1.22. The summed E-state index contributed by atoms with van der Waals surface area (Å²) in [5.74, 6) is 1.53. The van der Waals surface area contributed by atoms with E-state index in [-0.39, 0.29) is 0 Å². The largest absolute Gasteiger partial charge is 0.477 e. The Hall–Kier alpha value is -1.36. The van der Waals surface area contributed by atoms with Crippen LogP contribution in [0, 0.1) is 0 Å². The summed E-state index contributed by atoms with van der Waals surface area (Å²) in [6.45, 7) is 2.78. The molecule has 1 aliphatic rings. The van der Waals surface area contributed by atoms with Gasteiger partial charge in [-0.1, -0.05) is 6.92 Å². The van der Waals surface area contributed by atoms with E-state index in [1.54, 1.807) is 6.20 Å². The van der Waals surface area contributed by atoms with Gasteiger partial charge in [-0.05, 0) is 39.2 Å². The SMILES string of the molecule is CCCOc1cncc(N(C)C2CCC(NC)CC2)n1. The number of rotatable bonds is 6. The number of hydrogen-bond donors (Lipinski definition) is 1. The van der Waals surface area contributed by atoms with Crippen LogP contribution < -0.4 is 15.0 Å². The van der Waals surface area contributed by atoms with E-state index in [9.17, 15) is 0 Å². The fourth-order valence-electron chi connectivity index (χ4n) is 2.72. The first-order valence-corrected chi connectivity index (χ1v) is 7.59. The summed E-state index contributed by atoms with van der Waals surface area (Å²) in [4.78, 5) is 11.0. The summed E-state index contributed by atoms with van der Waals surface area (Å²) < 4.78 is 5.56. The van der Waals surface area contributed by atoms with Crippen molar-refractivity contribution in [2.24, 2.45) is 0 Å². The summed E-state index contributed by atoms with van der Waals surface area (Å²) in [6.07, 6.45) is 9.34. The van der Waals surface area contributed by atoms with Gasteiger partial charge in [-0.15, -0.1) is 0 Å². The van der Waals surface area contributed by atoms with Crippen LogP contribution in [-0.2, 0) is 0 Å². The lowest BCUT2D eigenvalue weighted by atomic mass is 9.90. The molecule has 1 N–H and O–H groups in total. The molecule has 0 saturated heterocycles. The molecular weight excluding hydrogens is 252 g/mol. The lowest BCUT2D eigenvalue weighted by Crippen LogP contribution is -2.40. The van der Waals surface area contributed by atoms with Crippen molar-refractivity contribution >= 4 is 5.82 Å². The maximum atomic E-state index is 5.56. The third-order valence-electron chi connectivity index (χ3n) is 4.07. The van der Waals surface area contributed by atoms with Crippen molar-refractivity contribution in [2.45, 2.75) is 51.1 Å². The molecule has 112 valence electrons. The lowest BCUT2D eigenvalue weighted by Gasteiger charge is -2.35. The zero-order valence-electron chi connectivity index (χ0n) is 12.8. The van der Waals surface area contributed by atoms with E-state index in [1.165, 1.54) is 25.7 Å². The first kappa shape index (κ1) is 15.0. The van der Waals surface area contributed by atoms with Gasteiger partial charge in [0.1, 0.15) is 0 Å². The fraction of sp³-hybridized carbons (Fsp3) is 0.733. The molecule has 1 aromatic rings. The topological polar surface area (TPSA) is 50.3 Å². The molecule has 1 fully saturated rings. The molecule has 5 heteroatoms. The van der Waals surface area contributed by atoms with Crippen molar-refractivity contribution in [3.63, 3.8) is 0 Å². The minimum atomic E-state index is 0.551. The second-order valence-corrected chi connectivity index (χ2v) is 5.47. The number of ether oxygens (including phenoxy) is 1. The summed E-state index contributed by atoms with van der Waals surface area (Å²) in [7, 11) is 4.16. The normalized spacial score (nSPS) is 22.6. The molecule has 0 amide bonds. The third-order valence-corrected chi connectivity index (χ3v) is 4.07. The molecule has 0 radical (unpaired) electrons. The van der Waals surface area contributed by atoms with Crippen LogP contribution in [0.25, 0.3) is 0 Å². The van der Waals surface area contributed by atoms with Gasteiger partial charge in [-0.2, -0.15) is 4.98 Å². The van der Waals surface area contributed by atoms with Crippen LogP contribution in [0.15, 0.2) is 12.4 Å². The predicted molar refractivity (Wildman–Crippen MR) is 81.3 cm³/mol. The Kier molecular flexibility index (Phi) is 5.59. The summed E-state index contributed by atoms with van der Waals surface area (Å²) in [5, 5.41) is 3.37. The van der Waals surface area contributed by atoms with Crippen LogP contribution in [0.3, 0.4) is 0 Å². The van der Waals surface area contributed by atoms with Gasteiger partial charge in [-0.3, -0.25) is 4.98 Å². The summed E-state index contributed by atoms with van der Waals surface area (Å²) in [5.41, 5.74) is 0. The van der Waals surface area contributed by atoms with Crippen LogP contribution in [0.2, 0.25) is 0 Å². The summed E-state index contributed by atoms with van der Waals surface area (Å²) >= 11 is 0. The molecule has 1 aromatic heterocycles. The van der Waals surface area contributed by atoms with E-state index >= 15 is 0 Å². The first-order chi connectivity index (χ1) is 9.74. The van der Waals surface area contributed by atoms with Crippen molar-refractivity contribution in [2.75, 3.05) is 25.6 Å². The highest BCUT2D eigenvalue weighted by atomic mass is 16.5. The third kappa shape index (κ3) is 3.82. The van der Waals surface area contributed by atoms with Crippen LogP contribution in [0.5, 0.6) is 5.88 Å². The lowest BCUT2D eigenvalue weighted by molar-refractivity contribution is 0.303. The number of anilines is 1. The van der Waals surface area contributed by atoms with Gasteiger partial charge in [0.25, 0.3) is 0 Å². The van der Waals surface area contributed by atoms with Gasteiger partial charge >= 0.3 is 0 Å². The second-order valence-electron chi connectivity index (χ2n) is 5.47. The van der Waals surface area contributed by atoms with E-state index in [0.29, 0.717) is 24.6 Å². The Morgan fingerprint density at radius 2 is 2.05 bits per heavy atom. The van der Waals surface area contributed by atoms with Gasteiger partial charge < -0.3 is 15.0 Å². The molecule has 2 rings (SSSR count). The smallest absolute Gasteiger partial charge is 0.234 e. The van der Waals surface area contributed by atoms with Crippen LogP contribution >= 0.6 is 0 Å². The number of nitrogens with one attached hydrogen (secondary N) is 1. The quantitative estimate of drug-likeness (QED) is 0.865. The number of nitrogens with zero attached hydrogens (tertiary/aromatic N) is 3. The molecule has 0 aliphatic heterocycles. The van der Waals surface area contributed by atoms with Crippen LogP contribution in [0.1, 0.15) is 39.0 Å². The average Bonchev–Trinajstić information content (AvgIpc) is 2.52. The molecule has 0 spiro atoms. The highest BCUT2D eigenvalue weighted by Crippen LogP contribution is 2.25. The maximum Gasteiger partial charge on any atom is 0.234 e. The van der Waals surface area contributed by atoms with Crippen molar-refractivity contribution in [1.29, 1.82) is 0 Å². The van der Waals surface area contributed by atoms with Crippen LogP contribution in [0.4, 0.5) is 5.82 Å². The molecule has 1 saturated carbocycles. The van der Waals surface area contributed by atoms with Crippen molar-refractivity contribution in [1.82, 2.24) is 15.3 Å². The molecule has 1 heterocycles. The molecule has 1 aliphatic carbocycles. The first-order valence-electron chi connectivity index (χ1n) is 7.59. The molecule has 0 unspecified atom stereocenters. The zero-order valence-corrected chi connectivity index (χ0v) is 12.8. The fourth-order valence-corrected chi connectivity index (χ4v) is 2.72. The predicted octanol–water partition coefficient (Wildman–Crippen LogP) is 2.23. The van der Waals surface area contributed by atoms with Gasteiger partial charge in [0.2, 0.25) is 5.88 Å². The number of aromatic nitrogens is 2. The van der Waals surface area contributed by atoms with E-state index < -0.39 is 0 Å². The van der Waals surface area contributed by atoms with Gasteiger partial charge in [-0.25, -0.2) is 0 Å². The molecule has 0 aromatic carbocycles. The Labute approximate surface area is 121 Å². The van der Waals surface area contributed by atoms with E-state index in [1.807, 2.05) is 6.20 Å². The minimum Gasteiger partial charge on any atom is -0.477 e. The van der Waals surface area contributed by atoms with Crippen molar-refractivity contribution in [3.8, 4) is 5.88 Å². The van der Waals surface area contributed by atoms with E-state index in [4.69, 9.17) is 4.74 Å². The number of hydrogen-bond acceptors (Lipinski definition) is 5. The van der Waals surface area contributed by atoms with Crippen molar-refractivity contribution < 1.29 is 4.74 Å². The molecular formula is C15H26N4O. The van der Waals surface area contributed by atoms with E-state index in [2.05, 4.69) is 41.2 Å². The van der Waals surface area contributed by atoms with Crippen LogP contribution in [-0.4, -0.2) is 42.8 Å². The van der Waals surface area contributed by atoms with Gasteiger partial charge in [0, 0.05) is 19.1 Å². The molecule has 0 atom stereocenters. The van der Waals surface area contributed by atoms with E-state index in [0.717, 1.165) is 12.2 Å². The highest BCUT2D eigenvalue weighted by molar-refractivity contribution is 5.38. The molecule has 20 heavy (non-hydrogen) atoms.